The number of hydrogen-bond acceptors (Lipinski definition) is 5. The van der Waals surface area contributed by atoms with Gasteiger partial charge in [0.2, 0.25) is 0 Å². The van der Waals surface area contributed by atoms with Crippen molar-refractivity contribution in [2.75, 3.05) is 0 Å². The van der Waals surface area contributed by atoms with Crippen molar-refractivity contribution in [3.63, 3.8) is 0 Å². The summed E-state index contributed by atoms with van der Waals surface area (Å²) in [5.74, 6) is 0.792. The summed E-state index contributed by atoms with van der Waals surface area (Å²) in [6, 6.07) is 6.53. The van der Waals surface area contributed by atoms with Crippen molar-refractivity contribution in [2.45, 2.75) is 30.7 Å². The molecule has 0 amide bonds. The number of nitro groups is 1. The predicted octanol–water partition coefficient (Wildman–Crippen LogP) is 2.38. The van der Waals surface area contributed by atoms with Gasteiger partial charge in [-0.05, 0) is 36.2 Å². The number of hydrogen-bond donors (Lipinski definition) is 2. The average Bonchev–Trinajstić information content (AvgIpc) is 3.17. The molecule has 1 heterocycles. The molecule has 1 aromatic carbocycles. The van der Waals surface area contributed by atoms with E-state index in [0.29, 0.717) is 11.8 Å². The van der Waals surface area contributed by atoms with Crippen LogP contribution in [-0.2, 0) is 6.42 Å². The normalized spacial score (nSPS) is 23.1. The lowest BCUT2D eigenvalue weighted by Crippen LogP contribution is -2.34. The van der Waals surface area contributed by atoms with Crippen LogP contribution in [0.4, 0.5) is 5.69 Å². The summed E-state index contributed by atoms with van der Waals surface area (Å²) in [5, 5.41) is 16.7. The van der Waals surface area contributed by atoms with Crippen LogP contribution < -0.4 is 11.1 Å². The van der Waals surface area contributed by atoms with Gasteiger partial charge in [-0.15, -0.1) is 11.8 Å². The van der Waals surface area contributed by atoms with Gasteiger partial charge in [-0.1, -0.05) is 12.1 Å². The van der Waals surface area contributed by atoms with Gasteiger partial charge in [0, 0.05) is 23.9 Å². The molecule has 20 heavy (non-hydrogen) atoms. The van der Waals surface area contributed by atoms with Crippen LogP contribution in [0, 0.1) is 16.0 Å². The molecule has 0 radical (unpaired) electrons. The maximum atomic E-state index is 10.6. The Bertz CT molecular complexity index is 540. The fourth-order valence-corrected chi connectivity index (χ4v) is 3.55. The Morgan fingerprint density at radius 2 is 2.10 bits per heavy atom. The Labute approximate surface area is 121 Å². The van der Waals surface area contributed by atoms with E-state index >= 15 is 0 Å². The predicted molar refractivity (Wildman–Crippen MR) is 80.1 cm³/mol. The van der Waals surface area contributed by atoms with E-state index in [0.717, 1.165) is 17.2 Å². The Hall–Kier alpha value is -1.53. The molecule has 0 aromatic heterocycles. The molecule has 106 valence electrons. The van der Waals surface area contributed by atoms with Crippen LogP contribution in [-0.4, -0.2) is 16.3 Å². The molecule has 0 spiro atoms. The highest BCUT2D eigenvalue weighted by molar-refractivity contribution is 8.03. The standard InChI is InChI=1S/C14H17N3O2S/c15-12(13-8-20-14(16-13)10-3-4-10)7-9-1-5-11(6-2-9)17(18)19/h1-2,5-6,8,10,12,14,16H,3-4,7,15H2/t12-,14?/m0/s1. The number of nitrogens with zero attached hydrogens (tertiary/aromatic N) is 1. The van der Waals surface area contributed by atoms with Crippen molar-refractivity contribution in [2.24, 2.45) is 11.7 Å². The lowest BCUT2D eigenvalue weighted by Gasteiger charge is -2.17. The molecular weight excluding hydrogens is 274 g/mol. The second-order valence-electron chi connectivity index (χ2n) is 5.35. The molecule has 6 heteroatoms. The number of nitrogens with one attached hydrogen (secondary N) is 1. The molecule has 2 atom stereocenters. The van der Waals surface area contributed by atoms with Gasteiger partial charge in [0.15, 0.2) is 0 Å². The van der Waals surface area contributed by atoms with Crippen molar-refractivity contribution in [3.8, 4) is 0 Å². The second-order valence-corrected chi connectivity index (χ2v) is 6.36. The van der Waals surface area contributed by atoms with Gasteiger partial charge in [-0.2, -0.15) is 0 Å². The van der Waals surface area contributed by atoms with Gasteiger partial charge in [0.1, 0.15) is 0 Å². The van der Waals surface area contributed by atoms with E-state index < -0.39 is 0 Å². The van der Waals surface area contributed by atoms with Crippen molar-refractivity contribution in [1.29, 1.82) is 0 Å². The zero-order valence-corrected chi connectivity index (χ0v) is 11.8. The van der Waals surface area contributed by atoms with E-state index in [4.69, 9.17) is 5.73 Å². The monoisotopic (exact) mass is 291 g/mol. The van der Waals surface area contributed by atoms with E-state index in [2.05, 4.69) is 10.7 Å². The van der Waals surface area contributed by atoms with Crippen LogP contribution in [0.3, 0.4) is 0 Å². The van der Waals surface area contributed by atoms with E-state index in [1.807, 2.05) is 11.8 Å². The first-order valence-corrected chi connectivity index (χ1v) is 7.69. The maximum absolute atomic E-state index is 10.6. The van der Waals surface area contributed by atoms with Gasteiger partial charge in [0.25, 0.3) is 5.69 Å². The van der Waals surface area contributed by atoms with Crippen molar-refractivity contribution < 1.29 is 4.92 Å². The largest absolute Gasteiger partial charge is 0.374 e. The van der Waals surface area contributed by atoms with Crippen molar-refractivity contribution in [3.05, 3.63) is 51.0 Å². The first-order valence-electron chi connectivity index (χ1n) is 6.74. The van der Waals surface area contributed by atoms with E-state index in [1.54, 1.807) is 12.1 Å². The second kappa shape index (κ2) is 5.46. The summed E-state index contributed by atoms with van der Waals surface area (Å²) in [4.78, 5) is 10.2. The quantitative estimate of drug-likeness (QED) is 0.643. The van der Waals surface area contributed by atoms with Gasteiger partial charge in [-0.3, -0.25) is 10.1 Å². The number of non-ortho nitro benzene ring substituents is 1. The lowest BCUT2D eigenvalue weighted by atomic mass is 10.0. The zero-order valence-electron chi connectivity index (χ0n) is 11.0. The minimum absolute atomic E-state index is 0.0762. The minimum atomic E-state index is -0.387. The highest BCUT2D eigenvalue weighted by atomic mass is 32.2. The number of thioether (sulfide) groups is 1. The fourth-order valence-electron chi connectivity index (χ4n) is 2.32. The third-order valence-corrected chi connectivity index (χ3v) is 4.89. The summed E-state index contributed by atoms with van der Waals surface area (Å²) >= 11 is 1.82. The van der Waals surface area contributed by atoms with Crippen LogP contribution in [0.25, 0.3) is 0 Å². The molecule has 1 saturated carbocycles. The highest BCUT2D eigenvalue weighted by Crippen LogP contribution is 2.41. The molecule has 1 aliphatic carbocycles. The molecule has 2 aliphatic rings. The summed E-state index contributed by atoms with van der Waals surface area (Å²) < 4.78 is 0. The van der Waals surface area contributed by atoms with Gasteiger partial charge < -0.3 is 11.1 Å². The molecule has 1 aliphatic heterocycles. The fraction of sp³-hybridized carbons (Fsp3) is 0.429. The third kappa shape index (κ3) is 2.96. The zero-order chi connectivity index (χ0) is 14.1. The smallest absolute Gasteiger partial charge is 0.269 e. The minimum Gasteiger partial charge on any atom is -0.374 e. The molecule has 1 fully saturated rings. The van der Waals surface area contributed by atoms with Gasteiger partial charge in [-0.25, -0.2) is 0 Å². The highest BCUT2D eigenvalue weighted by Gasteiger charge is 2.34. The van der Waals surface area contributed by atoms with E-state index in [9.17, 15) is 10.1 Å². The summed E-state index contributed by atoms with van der Waals surface area (Å²) in [7, 11) is 0. The number of benzene rings is 1. The van der Waals surface area contributed by atoms with Gasteiger partial charge in [0.05, 0.1) is 10.3 Å². The molecular formula is C14H17N3O2S. The average molecular weight is 291 g/mol. The first kappa shape index (κ1) is 13.5. The first-order chi connectivity index (χ1) is 9.63. The molecule has 1 unspecified atom stereocenters. The van der Waals surface area contributed by atoms with E-state index in [1.165, 1.54) is 25.0 Å². The maximum Gasteiger partial charge on any atom is 0.269 e. The lowest BCUT2D eigenvalue weighted by molar-refractivity contribution is -0.384. The topological polar surface area (TPSA) is 81.2 Å². The molecule has 0 saturated heterocycles. The van der Waals surface area contributed by atoms with Gasteiger partial charge >= 0.3 is 0 Å². The number of nitro benzene ring substituents is 1. The Kier molecular flexibility index (Phi) is 3.67. The Morgan fingerprint density at radius 3 is 2.70 bits per heavy atom. The summed E-state index contributed by atoms with van der Waals surface area (Å²) in [6.45, 7) is 0. The summed E-state index contributed by atoms with van der Waals surface area (Å²) in [5.41, 5.74) is 8.44. The molecule has 0 bridgehead atoms. The van der Waals surface area contributed by atoms with Crippen LogP contribution >= 0.6 is 11.8 Å². The Balaban J connectivity index is 1.58. The molecule has 3 N–H and O–H groups in total. The number of rotatable bonds is 5. The number of nitrogens with two attached hydrogens (primary N) is 1. The van der Waals surface area contributed by atoms with Crippen molar-refractivity contribution in [1.82, 2.24) is 5.32 Å². The molecule has 3 rings (SSSR count). The van der Waals surface area contributed by atoms with Crippen LogP contribution in [0.5, 0.6) is 0 Å². The third-order valence-electron chi connectivity index (χ3n) is 3.70. The van der Waals surface area contributed by atoms with E-state index in [-0.39, 0.29) is 16.7 Å². The van der Waals surface area contributed by atoms with Crippen LogP contribution in [0.15, 0.2) is 35.4 Å². The Morgan fingerprint density at radius 1 is 1.40 bits per heavy atom. The van der Waals surface area contributed by atoms with Crippen LogP contribution in [0.2, 0.25) is 0 Å². The van der Waals surface area contributed by atoms with Crippen LogP contribution in [0.1, 0.15) is 18.4 Å². The molecule has 5 nitrogen and oxygen atoms in total. The molecule has 1 aromatic rings. The van der Waals surface area contributed by atoms with Crippen molar-refractivity contribution >= 4 is 17.4 Å². The summed E-state index contributed by atoms with van der Waals surface area (Å²) in [6.07, 6.45) is 3.31. The SMILES string of the molecule is N[C@@H](Cc1ccc([N+](=O)[O-])cc1)C1=CSC(C2CC2)N1.